The second kappa shape index (κ2) is 8.05. The highest BCUT2D eigenvalue weighted by Gasteiger charge is 2.36. The molecule has 1 heterocycles. The van der Waals surface area contributed by atoms with Gasteiger partial charge < -0.3 is 14.6 Å². The molecule has 1 aliphatic rings. The number of halogens is 1. The molecular formula is C19H12BrN2O6-. The summed E-state index contributed by atoms with van der Waals surface area (Å²) in [6, 6.07) is 11.8. The largest absolute Gasteiger partial charge is 0.546 e. The summed E-state index contributed by atoms with van der Waals surface area (Å²) >= 11 is 3.27. The highest BCUT2D eigenvalue weighted by molar-refractivity contribution is 9.10. The van der Waals surface area contributed by atoms with Crippen LogP contribution in [-0.2, 0) is 14.4 Å². The molecule has 9 heteroatoms. The highest BCUT2D eigenvalue weighted by atomic mass is 79.9. The van der Waals surface area contributed by atoms with Gasteiger partial charge in [0.1, 0.15) is 17.9 Å². The van der Waals surface area contributed by atoms with Gasteiger partial charge in [-0.1, -0.05) is 34.1 Å². The van der Waals surface area contributed by atoms with Gasteiger partial charge in [0.05, 0.1) is 11.7 Å². The number of carbonyl (C=O) groups excluding carboxylic acids is 4. The first-order chi connectivity index (χ1) is 13.4. The molecule has 0 radical (unpaired) electrons. The van der Waals surface area contributed by atoms with Gasteiger partial charge in [-0.15, -0.1) is 0 Å². The Balaban J connectivity index is 1.98. The van der Waals surface area contributed by atoms with Gasteiger partial charge in [-0.2, -0.15) is 0 Å². The van der Waals surface area contributed by atoms with Crippen molar-refractivity contribution in [3.8, 4) is 5.75 Å². The number of rotatable bonds is 5. The maximum Gasteiger partial charge on any atom is 0.335 e. The monoisotopic (exact) mass is 443 g/mol. The molecule has 2 aromatic carbocycles. The molecule has 0 spiro atoms. The van der Waals surface area contributed by atoms with Gasteiger partial charge in [0, 0.05) is 10.0 Å². The van der Waals surface area contributed by atoms with Crippen molar-refractivity contribution in [2.75, 3.05) is 11.5 Å². The van der Waals surface area contributed by atoms with Gasteiger partial charge in [0.15, 0.2) is 0 Å². The fraction of sp³-hybridized carbons (Fsp3) is 0.0526. The Morgan fingerprint density at radius 1 is 1.11 bits per heavy atom. The summed E-state index contributed by atoms with van der Waals surface area (Å²) in [7, 11) is 0. The van der Waals surface area contributed by atoms with Crippen molar-refractivity contribution in [2.45, 2.75) is 0 Å². The molecule has 0 aliphatic carbocycles. The second-order valence-electron chi connectivity index (χ2n) is 5.63. The number of carboxylic acid groups (broad SMARTS) is 1. The van der Waals surface area contributed by atoms with E-state index < -0.39 is 30.4 Å². The van der Waals surface area contributed by atoms with Gasteiger partial charge in [-0.05, 0) is 36.4 Å². The van der Waals surface area contributed by atoms with Crippen LogP contribution in [0.15, 0.2) is 58.6 Å². The third kappa shape index (κ3) is 4.09. The molecule has 28 heavy (non-hydrogen) atoms. The first-order valence-corrected chi connectivity index (χ1v) is 8.75. The van der Waals surface area contributed by atoms with E-state index in [0.29, 0.717) is 5.56 Å². The van der Waals surface area contributed by atoms with Crippen LogP contribution < -0.4 is 20.1 Å². The fourth-order valence-corrected chi connectivity index (χ4v) is 2.77. The van der Waals surface area contributed by atoms with E-state index >= 15 is 0 Å². The van der Waals surface area contributed by atoms with Crippen LogP contribution in [0.25, 0.3) is 6.08 Å². The maximum atomic E-state index is 12.8. The van der Waals surface area contributed by atoms with Crippen LogP contribution in [0.4, 0.5) is 10.5 Å². The molecule has 1 aliphatic heterocycles. The third-order valence-corrected chi connectivity index (χ3v) is 4.28. The van der Waals surface area contributed by atoms with Crippen molar-refractivity contribution < 1.29 is 29.0 Å². The summed E-state index contributed by atoms with van der Waals surface area (Å²) in [6.45, 7) is -0.691. The first kappa shape index (κ1) is 19.3. The van der Waals surface area contributed by atoms with Crippen molar-refractivity contribution in [1.82, 2.24) is 5.32 Å². The van der Waals surface area contributed by atoms with Gasteiger partial charge in [0.2, 0.25) is 0 Å². The molecule has 0 saturated carbocycles. The number of urea groups is 1. The van der Waals surface area contributed by atoms with Crippen molar-refractivity contribution >= 4 is 51.5 Å². The van der Waals surface area contributed by atoms with E-state index in [-0.39, 0.29) is 17.0 Å². The number of carbonyl (C=O) groups is 4. The molecule has 0 atom stereocenters. The molecule has 1 fully saturated rings. The zero-order valence-corrected chi connectivity index (χ0v) is 15.8. The molecule has 8 nitrogen and oxygen atoms in total. The molecule has 142 valence electrons. The zero-order valence-electron chi connectivity index (χ0n) is 14.2. The van der Waals surface area contributed by atoms with Crippen molar-refractivity contribution in [1.29, 1.82) is 0 Å². The number of aliphatic carboxylic acids is 1. The number of amides is 4. The van der Waals surface area contributed by atoms with Crippen LogP contribution in [0, 0.1) is 0 Å². The average Bonchev–Trinajstić information content (AvgIpc) is 2.65. The second-order valence-corrected chi connectivity index (χ2v) is 6.55. The van der Waals surface area contributed by atoms with Crippen LogP contribution >= 0.6 is 15.9 Å². The number of anilines is 1. The Labute approximate surface area is 167 Å². The molecule has 1 N–H and O–H groups in total. The molecule has 0 unspecified atom stereocenters. The Hall–Kier alpha value is -3.46. The Kier molecular flexibility index (Phi) is 5.55. The number of nitrogens with zero attached hydrogens (tertiary/aromatic N) is 1. The zero-order chi connectivity index (χ0) is 20.3. The van der Waals surface area contributed by atoms with E-state index in [0.717, 1.165) is 9.37 Å². The summed E-state index contributed by atoms with van der Waals surface area (Å²) in [6.07, 6.45) is 1.24. The molecule has 2 aromatic rings. The topological polar surface area (TPSA) is 116 Å². The van der Waals surface area contributed by atoms with Gasteiger partial charge in [-0.25, -0.2) is 9.69 Å². The summed E-state index contributed by atoms with van der Waals surface area (Å²) in [4.78, 5) is 48.7. The van der Waals surface area contributed by atoms with Crippen LogP contribution in [-0.4, -0.2) is 30.4 Å². The van der Waals surface area contributed by atoms with E-state index in [4.69, 9.17) is 4.74 Å². The minimum absolute atomic E-state index is 0.145. The SMILES string of the molecule is O=C([O-])COc1ccccc1/C=C1\C(=O)NC(=O)N(c2ccc(Br)cc2)C1=O. The molecule has 4 amide bonds. The fourth-order valence-electron chi connectivity index (χ4n) is 2.51. The van der Waals surface area contributed by atoms with Crippen LogP contribution in [0.3, 0.4) is 0 Å². The number of ether oxygens (including phenoxy) is 1. The van der Waals surface area contributed by atoms with Crippen molar-refractivity contribution in [3.63, 3.8) is 0 Å². The molecule has 0 bridgehead atoms. The number of barbiturate groups is 1. The number of hydrogen-bond donors (Lipinski definition) is 1. The van der Waals surface area contributed by atoms with E-state index in [9.17, 15) is 24.3 Å². The Bertz CT molecular complexity index is 1000. The van der Waals surface area contributed by atoms with Gasteiger partial charge in [-0.3, -0.25) is 14.9 Å². The quantitative estimate of drug-likeness (QED) is 0.548. The standard InChI is InChI=1S/C19H13BrN2O6/c20-12-5-7-13(8-6-12)22-18(26)14(17(25)21-19(22)27)9-11-3-1-2-4-15(11)28-10-16(23)24/h1-9H,10H2,(H,23,24)(H,21,25,27)/p-1/b14-9+. The molecule has 3 rings (SSSR count). The summed E-state index contributed by atoms with van der Waals surface area (Å²) < 4.78 is 5.88. The average molecular weight is 444 g/mol. The number of nitrogens with one attached hydrogen (secondary N) is 1. The smallest absolute Gasteiger partial charge is 0.335 e. The summed E-state index contributed by atoms with van der Waals surface area (Å²) in [5, 5.41) is 12.7. The molecular weight excluding hydrogens is 432 g/mol. The highest BCUT2D eigenvalue weighted by Crippen LogP contribution is 2.26. The number of imide groups is 2. The van der Waals surface area contributed by atoms with Crippen LogP contribution in [0.5, 0.6) is 5.75 Å². The van der Waals surface area contributed by atoms with E-state index in [1.54, 1.807) is 42.5 Å². The summed E-state index contributed by atoms with van der Waals surface area (Å²) in [5.74, 6) is -2.95. The lowest BCUT2D eigenvalue weighted by molar-refractivity contribution is -0.307. The van der Waals surface area contributed by atoms with Crippen LogP contribution in [0.1, 0.15) is 5.56 Å². The van der Waals surface area contributed by atoms with Gasteiger partial charge in [0.25, 0.3) is 11.8 Å². The lowest BCUT2D eigenvalue weighted by Crippen LogP contribution is -2.54. The first-order valence-electron chi connectivity index (χ1n) is 7.95. The predicted molar refractivity (Wildman–Crippen MR) is 100 cm³/mol. The normalized spacial score (nSPS) is 15.5. The number of hydrogen-bond acceptors (Lipinski definition) is 6. The minimum Gasteiger partial charge on any atom is -0.546 e. The number of benzene rings is 2. The lowest BCUT2D eigenvalue weighted by Gasteiger charge is -2.26. The van der Waals surface area contributed by atoms with Crippen LogP contribution in [0.2, 0.25) is 0 Å². The lowest BCUT2D eigenvalue weighted by atomic mass is 10.1. The Morgan fingerprint density at radius 3 is 2.46 bits per heavy atom. The van der Waals surface area contributed by atoms with E-state index in [2.05, 4.69) is 21.2 Å². The molecule has 0 aromatic heterocycles. The number of para-hydroxylation sites is 1. The van der Waals surface area contributed by atoms with E-state index in [1.165, 1.54) is 12.1 Å². The number of carboxylic acids is 1. The predicted octanol–water partition coefficient (Wildman–Crippen LogP) is 1.24. The third-order valence-electron chi connectivity index (χ3n) is 3.75. The van der Waals surface area contributed by atoms with Gasteiger partial charge >= 0.3 is 6.03 Å². The Morgan fingerprint density at radius 2 is 1.79 bits per heavy atom. The van der Waals surface area contributed by atoms with Crippen molar-refractivity contribution in [2.24, 2.45) is 0 Å². The molecule has 1 saturated heterocycles. The minimum atomic E-state index is -1.42. The summed E-state index contributed by atoms with van der Waals surface area (Å²) in [5.41, 5.74) is 0.282. The maximum absolute atomic E-state index is 12.8. The van der Waals surface area contributed by atoms with E-state index in [1.807, 2.05) is 0 Å². The van der Waals surface area contributed by atoms with Crippen molar-refractivity contribution in [3.05, 3.63) is 64.1 Å².